The van der Waals surface area contributed by atoms with Crippen LogP contribution in [-0.2, 0) is 4.74 Å². The van der Waals surface area contributed by atoms with E-state index in [1.54, 1.807) is 12.1 Å². The molecule has 0 saturated heterocycles. The number of ether oxygens (including phenoxy) is 1. The summed E-state index contributed by atoms with van der Waals surface area (Å²) in [5.74, 6) is -1.09. The summed E-state index contributed by atoms with van der Waals surface area (Å²) in [5.41, 5.74) is 2.98. The fourth-order valence-corrected chi connectivity index (χ4v) is 2.95. The molecule has 0 fully saturated rings. The van der Waals surface area contributed by atoms with E-state index in [1.807, 2.05) is 33.0 Å². The molecule has 1 aliphatic carbocycles. The Morgan fingerprint density at radius 1 is 1.42 bits per heavy atom. The standard InChI is InChI=1S/C16H18N2O4.C2H6/c1-2-22-16(19)7-5-11(6-8-16)14-10-17-15-4-3-12(18(20)21)9-13(14)15;1-2/h3-5,9-10,17,19H,2,6-8H2,1H3;1-2H3. The van der Waals surface area contributed by atoms with Gasteiger partial charge < -0.3 is 14.8 Å². The zero-order valence-corrected chi connectivity index (χ0v) is 14.3. The molecule has 0 spiro atoms. The second-order valence-electron chi connectivity index (χ2n) is 5.50. The van der Waals surface area contributed by atoms with Crippen molar-refractivity contribution >= 4 is 22.2 Å². The number of benzene rings is 1. The first-order chi connectivity index (χ1) is 11.5. The molecule has 1 aliphatic rings. The third kappa shape index (κ3) is 3.66. The molecule has 130 valence electrons. The van der Waals surface area contributed by atoms with Crippen LogP contribution in [0.25, 0.3) is 16.5 Å². The number of rotatable bonds is 4. The minimum Gasteiger partial charge on any atom is -0.365 e. The predicted octanol–water partition coefficient (Wildman–Crippen LogP) is 4.39. The number of nitro benzene ring substituents is 1. The Hall–Kier alpha value is -2.18. The lowest BCUT2D eigenvalue weighted by atomic mass is 9.89. The highest BCUT2D eigenvalue weighted by Gasteiger charge is 2.30. The molecular formula is C18H24N2O4. The molecule has 6 nitrogen and oxygen atoms in total. The second-order valence-corrected chi connectivity index (χ2v) is 5.50. The average Bonchev–Trinajstić information content (AvgIpc) is 3.00. The summed E-state index contributed by atoms with van der Waals surface area (Å²) in [6.07, 6.45) is 5.45. The summed E-state index contributed by atoms with van der Waals surface area (Å²) in [6, 6.07) is 4.80. The quantitative estimate of drug-likeness (QED) is 0.493. The van der Waals surface area contributed by atoms with Gasteiger partial charge in [-0.2, -0.15) is 0 Å². The number of nitro groups is 1. The normalized spacial score (nSPS) is 20.2. The minimum absolute atomic E-state index is 0.0792. The molecule has 24 heavy (non-hydrogen) atoms. The van der Waals surface area contributed by atoms with Crippen LogP contribution in [0.4, 0.5) is 5.69 Å². The number of H-pyrrole nitrogens is 1. The van der Waals surface area contributed by atoms with E-state index < -0.39 is 5.79 Å². The Balaban J connectivity index is 0.00000100. The van der Waals surface area contributed by atoms with Crippen LogP contribution in [0.1, 0.15) is 45.6 Å². The zero-order chi connectivity index (χ0) is 17.7. The van der Waals surface area contributed by atoms with Crippen molar-refractivity contribution in [2.75, 3.05) is 6.61 Å². The number of nitrogens with one attached hydrogen (secondary N) is 1. The molecular weight excluding hydrogens is 308 g/mol. The van der Waals surface area contributed by atoms with E-state index in [1.165, 1.54) is 6.07 Å². The molecule has 0 radical (unpaired) electrons. The van der Waals surface area contributed by atoms with Crippen molar-refractivity contribution < 1.29 is 14.8 Å². The third-order valence-corrected chi connectivity index (χ3v) is 4.09. The predicted molar refractivity (Wildman–Crippen MR) is 94.7 cm³/mol. The van der Waals surface area contributed by atoms with Gasteiger partial charge in [0.25, 0.3) is 5.69 Å². The first-order valence-corrected chi connectivity index (χ1v) is 8.34. The van der Waals surface area contributed by atoms with Gasteiger partial charge in [-0.15, -0.1) is 0 Å². The summed E-state index contributed by atoms with van der Waals surface area (Å²) in [7, 11) is 0. The van der Waals surface area contributed by atoms with Crippen LogP contribution in [0, 0.1) is 10.1 Å². The maximum absolute atomic E-state index is 10.9. The first-order valence-electron chi connectivity index (χ1n) is 8.34. The Morgan fingerprint density at radius 2 is 2.17 bits per heavy atom. The topological polar surface area (TPSA) is 88.4 Å². The summed E-state index contributed by atoms with van der Waals surface area (Å²) in [4.78, 5) is 13.7. The Kier molecular flexibility index (Phi) is 5.75. The molecule has 2 N–H and O–H groups in total. The molecule has 3 rings (SSSR count). The fraction of sp³-hybridized carbons (Fsp3) is 0.444. The molecule has 1 unspecified atom stereocenters. The first kappa shape index (κ1) is 18.2. The number of aliphatic hydroxyl groups is 1. The molecule has 0 bridgehead atoms. The molecule has 1 aromatic heterocycles. The van der Waals surface area contributed by atoms with Gasteiger partial charge in [-0.25, -0.2) is 0 Å². The van der Waals surface area contributed by atoms with Gasteiger partial charge in [0.2, 0.25) is 0 Å². The van der Waals surface area contributed by atoms with Gasteiger partial charge in [0.15, 0.2) is 5.79 Å². The molecule has 0 amide bonds. The number of nitrogens with zero attached hydrogens (tertiary/aromatic N) is 1. The summed E-state index contributed by atoms with van der Waals surface area (Å²) < 4.78 is 5.39. The number of non-ortho nitro benzene ring substituents is 1. The molecule has 2 aromatic rings. The van der Waals surface area contributed by atoms with Gasteiger partial charge in [0.05, 0.1) is 4.92 Å². The monoisotopic (exact) mass is 332 g/mol. The lowest BCUT2D eigenvalue weighted by molar-refractivity contribution is -0.384. The van der Waals surface area contributed by atoms with E-state index >= 15 is 0 Å². The zero-order valence-electron chi connectivity index (χ0n) is 14.3. The Labute approximate surface area is 141 Å². The number of fused-ring (bicyclic) bond motifs is 1. The maximum atomic E-state index is 10.9. The van der Waals surface area contributed by atoms with Crippen LogP contribution in [0.3, 0.4) is 0 Å². The maximum Gasteiger partial charge on any atom is 0.270 e. The fourth-order valence-electron chi connectivity index (χ4n) is 2.95. The van der Waals surface area contributed by atoms with Crippen molar-refractivity contribution in [1.29, 1.82) is 0 Å². The SMILES string of the molecule is CC.CCOC1(O)CC=C(c2c[nH]c3ccc([N+](=O)[O-])cc23)CC1. The van der Waals surface area contributed by atoms with Gasteiger partial charge >= 0.3 is 0 Å². The number of allylic oxidation sites excluding steroid dienone is 1. The third-order valence-electron chi connectivity index (χ3n) is 4.09. The van der Waals surface area contributed by atoms with Crippen LogP contribution in [0.2, 0.25) is 0 Å². The molecule has 0 saturated carbocycles. The van der Waals surface area contributed by atoms with Gasteiger partial charge in [0, 0.05) is 54.2 Å². The summed E-state index contributed by atoms with van der Waals surface area (Å²) in [6.45, 7) is 6.33. The Bertz CT molecular complexity index is 751. The van der Waals surface area contributed by atoms with Crippen LogP contribution >= 0.6 is 0 Å². The smallest absolute Gasteiger partial charge is 0.270 e. The highest BCUT2D eigenvalue weighted by Crippen LogP contribution is 2.37. The highest BCUT2D eigenvalue weighted by molar-refractivity contribution is 5.94. The Morgan fingerprint density at radius 3 is 2.75 bits per heavy atom. The van der Waals surface area contributed by atoms with Crippen molar-refractivity contribution in [3.8, 4) is 0 Å². The van der Waals surface area contributed by atoms with Crippen LogP contribution in [-0.4, -0.2) is 27.4 Å². The minimum atomic E-state index is -1.09. The number of hydrogen-bond donors (Lipinski definition) is 2. The van der Waals surface area contributed by atoms with E-state index in [-0.39, 0.29) is 10.6 Å². The lowest BCUT2D eigenvalue weighted by Crippen LogP contribution is -2.33. The molecule has 1 aromatic carbocycles. The average molecular weight is 332 g/mol. The molecule has 0 aliphatic heterocycles. The van der Waals surface area contributed by atoms with Gasteiger partial charge in [0.1, 0.15) is 0 Å². The van der Waals surface area contributed by atoms with Crippen LogP contribution in [0.15, 0.2) is 30.5 Å². The van der Waals surface area contributed by atoms with E-state index in [9.17, 15) is 15.2 Å². The molecule has 1 atom stereocenters. The number of aromatic nitrogens is 1. The molecule has 6 heteroatoms. The summed E-state index contributed by atoms with van der Waals surface area (Å²) in [5, 5.41) is 22.0. The summed E-state index contributed by atoms with van der Waals surface area (Å²) >= 11 is 0. The number of hydrogen-bond acceptors (Lipinski definition) is 4. The van der Waals surface area contributed by atoms with Crippen molar-refractivity contribution in [3.63, 3.8) is 0 Å². The second kappa shape index (κ2) is 7.59. The van der Waals surface area contributed by atoms with Gasteiger partial charge in [-0.05, 0) is 25.0 Å². The van der Waals surface area contributed by atoms with Crippen LogP contribution < -0.4 is 0 Å². The van der Waals surface area contributed by atoms with E-state index in [0.29, 0.717) is 25.9 Å². The van der Waals surface area contributed by atoms with Gasteiger partial charge in [-0.3, -0.25) is 10.1 Å². The van der Waals surface area contributed by atoms with Crippen molar-refractivity contribution in [3.05, 3.63) is 46.1 Å². The lowest BCUT2D eigenvalue weighted by Gasteiger charge is -2.31. The van der Waals surface area contributed by atoms with E-state index in [4.69, 9.17) is 4.74 Å². The van der Waals surface area contributed by atoms with E-state index in [0.717, 1.165) is 22.0 Å². The van der Waals surface area contributed by atoms with Crippen LogP contribution in [0.5, 0.6) is 0 Å². The number of aromatic amines is 1. The molecule has 1 heterocycles. The van der Waals surface area contributed by atoms with Crippen molar-refractivity contribution in [1.82, 2.24) is 4.98 Å². The van der Waals surface area contributed by atoms with Crippen molar-refractivity contribution in [2.24, 2.45) is 0 Å². The van der Waals surface area contributed by atoms with Gasteiger partial charge in [-0.1, -0.05) is 19.9 Å². The highest BCUT2D eigenvalue weighted by atomic mass is 16.6. The van der Waals surface area contributed by atoms with Crippen molar-refractivity contribution in [2.45, 2.75) is 45.8 Å². The largest absolute Gasteiger partial charge is 0.365 e. The van der Waals surface area contributed by atoms with E-state index in [2.05, 4.69) is 4.98 Å².